The molecule has 2 aromatic rings. The molecule has 1 saturated carbocycles. The molecule has 5 heteroatoms. The third-order valence-corrected chi connectivity index (χ3v) is 8.51. The lowest BCUT2D eigenvalue weighted by Gasteiger charge is -2.52. The lowest BCUT2D eigenvalue weighted by atomic mass is 9.74. The maximum absolute atomic E-state index is 13.9. The highest BCUT2D eigenvalue weighted by Crippen LogP contribution is 2.42. The quantitative estimate of drug-likeness (QED) is 0.371. The SMILES string of the molecule is O=C(C[N+]12CCC(CC1)C(OC(=O)C1(c3ccccc3)CCCCCC1)C2)Nc1ccccc1. The van der Waals surface area contributed by atoms with Gasteiger partial charge in [0.15, 0.2) is 12.6 Å². The summed E-state index contributed by atoms with van der Waals surface area (Å²) in [4.78, 5) is 26.8. The van der Waals surface area contributed by atoms with E-state index in [1.165, 1.54) is 12.8 Å². The highest BCUT2D eigenvalue weighted by molar-refractivity contribution is 5.91. The van der Waals surface area contributed by atoms with Gasteiger partial charge in [-0.25, -0.2) is 0 Å². The minimum atomic E-state index is -0.528. The van der Waals surface area contributed by atoms with Crippen LogP contribution in [0.5, 0.6) is 0 Å². The summed E-state index contributed by atoms with van der Waals surface area (Å²) in [5, 5.41) is 3.05. The summed E-state index contributed by atoms with van der Waals surface area (Å²) in [5.41, 5.74) is 1.41. The molecule has 6 rings (SSSR count). The minimum absolute atomic E-state index is 0.0359. The van der Waals surface area contributed by atoms with Crippen LogP contribution >= 0.6 is 0 Å². The molecule has 34 heavy (non-hydrogen) atoms. The third-order valence-electron chi connectivity index (χ3n) is 8.51. The van der Waals surface area contributed by atoms with Crippen LogP contribution in [0, 0.1) is 5.92 Å². The number of hydrogen-bond acceptors (Lipinski definition) is 3. The summed E-state index contributed by atoms with van der Waals surface area (Å²) >= 11 is 0. The number of piperidine rings is 3. The van der Waals surface area contributed by atoms with Gasteiger partial charge in [-0.1, -0.05) is 74.2 Å². The van der Waals surface area contributed by atoms with E-state index in [4.69, 9.17) is 4.74 Å². The summed E-state index contributed by atoms with van der Waals surface area (Å²) < 4.78 is 7.14. The highest BCUT2D eigenvalue weighted by Gasteiger charge is 2.51. The zero-order chi connectivity index (χ0) is 23.4. The smallest absolute Gasteiger partial charge is 0.317 e. The van der Waals surface area contributed by atoms with Crippen LogP contribution in [0.15, 0.2) is 60.7 Å². The van der Waals surface area contributed by atoms with Gasteiger partial charge in [0.25, 0.3) is 5.91 Å². The lowest BCUT2D eigenvalue weighted by molar-refractivity contribution is -0.939. The van der Waals surface area contributed by atoms with Gasteiger partial charge in [0.2, 0.25) is 0 Å². The van der Waals surface area contributed by atoms with Gasteiger partial charge in [-0.15, -0.1) is 0 Å². The Bertz CT molecular complexity index is 975. The molecule has 0 aromatic heterocycles. The molecule has 0 radical (unpaired) electrons. The van der Waals surface area contributed by atoms with Crippen molar-refractivity contribution < 1.29 is 18.8 Å². The van der Waals surface area contributed by atoms with Crippen molar-refractivity contribution in [2.45, 2.75) is 62.9 Å². The first-order valence-electron chi connectivity index (χ1n) is 13.1. The van der Waals surface area contributed by atoms with E-state index < -0.39 is 5.41 Å². The summed E-state index contributed by atoms with van der Waals surface area (Å²) in [7, 11) is 0. The maximum Gasteiger partial charge on any atom is 0.317 e. The standard InChI is InChI=1S/C29H36N2O3/c32-27(30-25-13-7-4-8-14-25)22-31-19-15-23(16-20-31)26(21-31)34-28(33)29(17-9-1-2-10-18-29)24-11-5-3-6-12-24/h3-8,11-14,23,26H,1-2,9-10,15-22H2/p+1. The molecule has 180 valence electrons. The van der Waals surface area contributed by atoms with Crippen molar-refractivity contribution in [3.63, 3.8) is 0 Å². The minimum Gasteiger partial charge on any atom is -0.455 e. The average Bonchev–Trinajstić information content (AvgIpc) is 3.13. The molecule has 3 saturated heterocycles. The van der Waals surface area contributed by atoms with Crippen LogP contribution in [0.4, 0.5) is 5.69 Å². The fourth-order valence-electron chi connectivity index (χ4n) is 6.55. The monoisotopic (exact) mass is 461 g/mol. The van der Waals surface area contributed by atoms with Gasteiger partial charge in [0.05, 0.1) is 18.5 Å². The Morgan fingerprint density at radius 2 is 1.50 bits per heavy atom. The topological polar surface area (TPSA) is 55.4 Å². The Labute approximate surface area is 203 Å². The van der Waals surface area contributed by atoms with Gasteiger partial charge < -0.3 is 14.5 Å². The number of hydrogen-bond donors (Lipinski definition) is 1. The van der Waals surface area contributed by atoms with Gasteiger partial charge >= 0.3 is 5.97 Å². The Kier molecular flexibility index (Phi) is 6.73. The number of ether oxygens (including phenoxy) is 1. The van der Waals surface area contributed by atoms with E-state index in [-0.39, 0.29) is 18.0 Å². The second-order valence-corrected chi connectivity index (χ2v) is 10.7. The lowest BCUT2D eigenvalue weighted by Crippen LogP contribution is -2.66. The molecule has 2 aromatic carbocycles. The molecule has 1 aliphatic carbocycles. The molecular formula is C29H37N2O3+. The van der Waals surface area contributed by atoms with Gasteiger partial charge in [-0.05, 0) is 30.5 Å². The van der Waals surface area contributed by atoms with Crippen molar-refractivity contribution in [1.29, 1.82) is 0 Å². The Hall–Kier alpha value is -2.66. The molecule has 4 aliphatic rings. The van der Waals surface area contributed by atoms with E-state index in [1.54, 1.807) is 0 Å². The van der Waals surface area contributed by atoms with Crippen LogP contribution in [-0.4, -0.2) is 48.6 Å². The number of nitrogens with one attached hydrogen (secondary N) is 1. The van der Waals surface area contributed by atoms with E-state index >= 15 is 0 Å². The fourth-order valence-corrected chi connectivity index (χ4v) is 6.55. The zero-order valence-corrected chi connectivity index (χ0v) is 20.1. The largest absolute Gasteiger partial charge is 0.455 e. The molecule has 4 fully saturated rings. The zero-order valence-electron chi connectivity index (χ0n) is 20.1. The molecular weight excluding hydrogens is 424 g/mol. The highest BCUT2D eigenvalue weighted by atomic mass is 16.5. The Morgan fingerprint density at radius 3 is 2.15 bits per heavy atom. The molecule has 2 bridgehead atoms. The number of para-hydroxylation sites is 1. The van der Waals surface area contributed by atoms with Crippen molar-refractivity contribution >= 4 is 17.6 Å². The second kappa shape index (κ2) is 9.91. The molecule has 1 N–H and O–H groups in total. The van der Waals surface area contributed by atoms with E-state index in [0.717, 1.165) is 73.9 Å². The predicted molar refractivity (Wildman–Crippen MR) is 133 cm³/mol. The summed E-state index contributed by atoms with van der Waals surface area (Å²) in [5.74, 6) is 0.423. The van der Waals surface area contributed by atoms with Gasteiger partial charge in [0.1, 0.15) is 6.54 Å². The van der Waals surface area contributed by atoms with E-state index in [9.17, 15) is 9.59 Å². The Balaban J connectivity index is 1.30. The molecule has 0 spiro atoms. The molecule has 3 heterocycles. The number of anilines is 1. The van der Waals surface area contributed by atoms with Crippen LogP contribution in [0.2, 0.25) is 0 Å². The van der Waals surface area contributed by atoms with Crippen molar-refractivity contribution in [3.8, 4) is 0 Å². The van der Waals surface area contributed by atoms with Crippen LogP contribution < -0.4 is 5.32 Å². The normalized spacial score (nSPS) is 28.0. The molecule has 3 aliphatic heterocycles. The van der Waals surface area contributed by atoms with Crippen molar-refractivity contribution in [3.05, 3.63) is 66.2 Å². The maximum atomic E-state index is 13.9. The number of fused-ring (bicyclic) bond motifs is 3. The molecule has 1 amide bonds. The Morgan fingerprint density at radius 1 is 0.882 bits per heavy atom. The van der Waals surface area contributed by atoms with Gasteiger partial charge in [-0.3, -0.25) is 9.59 Å². The van der Waals surface area contributed by atoms with Crippen LogP contribution in [0.1, 0.15) is 56.9 Å². The van der Waals surface area contributed by atoms with E-state index in [0.29, 0.717) is 12.5 Å². The first-order valence-corrected chi connectivity index (χ1v) is 13.1. The van der Waals surface area contributed by atoms with Crippen molar-refractivity contribution in [1.82, 2.24) is 0 Å². The number of amides is 1. The number of rotatable bonds is 6. The second-order valence-electron chi connectivity index (χ2n) is 10.7. The van der Waals surface area contributed by atoms with E-state index in [2.05, 4.69) is 17.4 Å². The predicted octanol–water partition coefficient (Wildman–Crippen LogP) is 5.07. The first-order chi connectivity index (χ1) is 16.6. The molecule has 1 atom stereocenters. The number of quaternary nitrogens is 1. The number of nitrogens with zero attached hydrogens (tertiary/aromatic N) is 1. The summed E-state index contributed by atoms with van der Waals surface area (Å²) in [6.07, 6.45) is 8.19. The third kappa shape index (κ3) is 4.76. The van der Waals surface area contributed by atoms with Crippen LogP contribution in [0.25, 0.3) is 0 Å². The number of carbonyl (C=O) groups is 2. The molecule has 5 nitrogen and oxygen atoms in total. The van der Waals surface area contributed by atoms with E-state index in [1.807, 2.05) is 48.5 Å². The average molecular weight is 462 g/mol. The van der Waals surface area contributed by atoms with Crippen LogP contribution in [-0.2, 0) is 19.7 Å². The summed E-state index contributed by atoms with van der Waals surface area (Å²) in [6.45, 7) is 3.18. The van der Waals surface area contributed by atoms with Crippen molar-refractivity contribution in [2.75, 3.05) is 31.5 Å². The molecule has 1 unspecified atom stereocenters. The number of esters is 1. The number of carbonyl (C=O) groups excluding carboxylic acids is 2. The number of benzene rings is 2. The summed E-state index contributed by atoms with van der Waals surface area (Å²) in [6, 6.07) is 19.9. The van der Waals surface area contributed by atoms with Crippen LogP contribution in [0.3, 0.4) is 0 Å². The first kappa shape index (κ1) is 23.1. The van der Waals surface area contributed by atoms with Crippen molar-refractivity contribution in [2.24, 2.45) is 5.92 Å². The van der Waals surface area contributed by atoms with Gasteiger partial charge in [0, 0.05) is 24.4 Å². The fraction of sp³-hybridized carbons (Fsp3) is 0.517. The van der Waals surface area contributed by atoms with Gasteiger partial charge in [-0.2, -0.15) is 0 Å².